The Labute approximate surface area is 76.9 Å². The first-order chi connectivity index (χ1) is 6.22. The van der Waals surface area contributed by atoms with Crippen molar-refractivity contribution in [1.29, 1.82) is 0 Å². The monoisotopic (exact) mass is 183 g/mol. The lowest BCUT2D eigenvalue weighted by atomic mass is 10.2. The highest BCUT2D eigenvalue weighted by Gasteiger charge is 2.40. The Hall–Kier alpha value is -1.06. The number of methoxy groups -OCH3 is 1. The fraction of sp³-hybridized carbons (Fsp3) is 0.778. The van der Waals surface area contributed by atoms with Gasteiger partial charge in [-0.05, 0) is 19.8 Å². The molecule has 0 radical (unpaired) electrons. The van der Waals surface area contributed by atoms with E-state index in [9.17, 15) is 4.79 Å². The summed E-state index contributed by atoms with van der Waals surface area (Å²) in [4.78, 5) is 15.4. The van der Waals surface area contributed by atoms with Gasteiger partial charge >= 0.3 is 5.97 Å². The van der Waals surface area contributed by atoms with Crippen molar-refractivity contribution in [1.82, 2.24) is 0 Å². The number of nitrogens with zero attached hydrogens (tertiary/aromatic N) is 1. The Morgan fingerprint density at radius 1 is 1.62 bits per heavy atom. The van der Waals surface area contributed by atoms with Gasteiger partial charge in [-0.1, -0.05) is 0 Å². The van der Waals surface area contributed by atoms with E-state index in [1.807, 2.05) is 6.92 Å². The Morgan fingerprint density at radius 2 is 2.31 bits per heavy atom. The van der Waals surface area contributed by atoms with Crippen LogP contribution in [0.3, 0.4) is 0 Å². The summed E-state index contributed by atoms with van der Waals surface area (Å²) in [5.74, 6) is 0.920. The summed E-state index contributed by atoms with van der Waals surface area (Å²) in [6.07, 6.45) is 2.11. The van der Waals surface area contributed by atoms with Gasteiger partial charge in [-0.3, -0.25) is 0 Å². The molecule has 0 aromatic rings. The molecule has 2 atom stereocenters. The van der Waals surface area contributed by atoms with Crippen LogP contribution in [-0.2, 0) is 14.3 Å². The summed E-state index contributed by atoms with van der Waals surface area (Å²) in [5.41, 5.74) is 0. The highest BCUT2D eigenvalue weighted by atomic mass is 16.5. The van der Waals surface area contributed by atoms with Crippen molar-refractivity contribution in [2.24, 2.45) is 10.9 Å². The molecule has 0 aromatic heterocycles. The summed E-state index contributed by atoms with van der Waals surface area (Å²) in [5, 5.41) is 0. The van der Waals surface area contributed by atoms with E-state index >= 15 is 0 Å². The maximum Gasteiger partial charge on any atom is 0.334 e. The zero-order valence-electron chi connectivity index (χ0n) is 7.82. The van der Waals surface area contributed by atoms with E-state index in [1.54, 1.807) is 0 Å². The van der Waals surface area contributed by atoms with Gasteiger partial charge in [0, 0.05) is 5.92 Å². The van der Waals surface area contributed by atoms with E-state index in [0.717, 1.165) is 18.7 Å². The molecule has 2 aliphatic rings. The van der Waals surface area contributed by atoms with E-state index in [4.69, 9.17) is 4.74 Å². The van der Waals surface area contributed by atoms with Gasteiger partial charge in [-0.2, -0.15) is 0 Å². The van der Waals surface area contributed by atoms with E-state index in [1.165, 1.54) is 7.11 Å². The number of hydrogen-bond acceptors (Lipinski definition) is 4. The zero-order chi connectivity index (χ0) is 9.42. The van der Waals surface area contributed by atoms with Crippen molar-refractivity contribution in [2.75, 3.05) is 7.11 Å². The molecule has 72 valence electrons. The summed E-state index contributed by atoms with van der Waals surface area (Å²) >= 11 is 0. The van der Waals surface area contributed by atoms with Gasteiger partial charge < -0.3 is 9.47 Å². The first-order valence-corrected chi connectivity index (χ1v) is 4.54. The summed E-state index contributed by atoms with van der Waals surface area (Å²) < 4.78 is 10.1. The largest absolute Gasteiger partial charge is 0.475 e. The lowest BCUT2D eigenvalue weighted by molar-refractivity contribution is -0.143. The fourth-order valence-corrected chi connectivity index (χ4v) is 1.42. The number of rotatable bonds is 2. The van der Waals surface area contributed by atoms with Gasteiger partial charge in [0.1, 0.15) is 6.10 Å². The molecule has 0 spiro atoms. The van der Waals surface area contributed by atoms with Gasteiger partial charge in [-0.15, -0.1) is 0 Å². The normalized spacial score (nSPS) is 32.3. The predicted molar refractivity (Wildman–Crippen MR) is 46.5 cm³/mol. The van der Waals surface area contributed by atoms with Crippen molar-refractivity contribution < 1.29 is 14.3 Å². The molecule has 4 heteroatoms. The Morgan fingerprint density at radius 3 is 2.85 bits per heavy atom. The van der Waals surface area contributed by atoms with E-state index in [2.05, 4.69) is 9.73 Å². The van der Waals surface area contributed by atoms with Crippen LogP contribution in [0.25, 0.3) is 0 Å². The average Bonchev–Trinajstić information content (AvgIpc) is 2.89. The molecule has 0 N–H and O–H groups in total. The molecule has 0 bridgehead atoms. The van der Waals surface area contributed by atoms with Crippen molar-refractivity contribution in [2.45, 2.75) is 31.9 Å². The Balaban J connectivity index is 2.06. The third-order valence-corrected chi connectivity index (χ3v) is 2.39. The van der Waals surface area contributed by atoms with Crippen molar-refractivity contribution >= 4 is 11.9 Å². The van der Waals surface area contributed by atoms with Crippen LogP contribution in [0.15, 0.2) is 4.99 Å². The van der Waals surface area contributed by atoms with Crippen LogP contribution >= 0.6 is 0 Å². The van der Waals surface area contributed by atoms with Gasteiger partial charge in [0.05, 0.1) is 7.11 Å². The quantitative estimate of drug-likeness (QED) is 0.594. The molecule has 1 saturated carbocycles. The second-order valence-electron chi connectivity index (χ2n) is 3.53. The highest BCUT2D eigenvalue weighted by molar-refractivity contribution is 5.88. The Bertz CT molecular complexity index is 258. The first kappa shape index (κ1) is 8.53. The zero-order valence-corrected chi connectivity index (χ0v) is 7.82. The molecule has 0 saturated heterocycles. The van der Waals surface area contributed by atoms with E-state index < -0.39 is 6.04 Å². The molecule has 0 aromatic carbocycles. The standard InChI is InChI=1S/C9H13NO3/c1-5-7(9(11)12-2)10-8(13-5)6-3-4-6/h5-7H,3-4H2,1-2H3/t5-,7+/m0/s1. The molecule has 13 heavy (non-hydrogen) atoms. The smallest absolute Gasteiger partial charge is 0.334 e. The molecule has 0 amide bonds. The maximum atomic E-state index is 11.2. The minimum atomic E-state index is -0.444. The van der Waals surface area contributed by atoms with Crippen molar-refractivity contribution in [3.63, 3.8) is 0 Å². The van der Waals surface area contributed by atoms with Crippen LogP contribution in [-0.4, -0.2) is 31.1 Å². The topological polar surface area (TPSA) is 47.9 Å². The van der Waals surface area contributed by atoms with Crippen LogP contribution in [0.2, 0.25) is 0 Å². The number of ether oxygens (including phenoxy) is 2. The lowest BCUT2D eigenvalue weighted by Crippen LogP contribution is -2.28. The number of carbonyl (C=O) groups is 1. The second kappa shape index (κ2) is 3.01. The van der Waals surface area contributed by atoms with Gasteiger partial charge in [-0.25, -0.2) is 9.79 Å². The number of carbonyl (C=O) groups excluding carboxylic acids is 1. The van der Waals surface area contributed by atoms with Crippen molar-refractivity contribution in [3.8, 4) is 0 Å². The molecule has 4 nitrogen and oxygen atoms in total. The highest BCUT2D eigenvalue weighted by Crippen LogP contribution is 2.34. The first-order valence-electron chi connectivity index (χ1n) is 4.54. The molecule has 1 aliphatic heterocycles. The van der Waals surface area contributed by atoms with Crippen LogP contribution in [0, 0.1) is 5.92 Å². The SMILES string of the molecule is COC(=O)[C@@H]1N=C(C2CC2)O[C@H]1C. The van der Waals surface area contributed by atoms with Gasteiger partial charge in [0.15, 0.2) is 11.9 Å². The summed E-state index contributed by atoms with van der Waals surface area (Å²) in [6, 6.07) is -0.444. The third-order valence-electron chi connectivity index (χ3n) is 2.39. The summed E-state index contributed by atoms with van der Waals surface area (Å²) in [7, 11) is 1.37. The van der Waals surface area contributed by atoms with Gasteiger partial charge in [0.2, 0.25) is 0 Å². The predicted octanol–water partition coefficient (Wildman–Crippen LogP) is 0.755. The molecule has 1 aliphatic carbocycles. The molecule has 1 fully saturated rings. The molecule has 2 rings (SSSR count). The molecular formula is C9H13NO3. The van der Waals surface area contributed by atoms with Crippen LogP contribution in [0.4, 0.5) is 0 Å². The van der Waals surface area contributed by atoms with Crippen LogP contribution < -0.4 is 0 Å². The molecule has 1 heterocycles. The molecule has 0 unspecified atom stereocenters. The second-order valence-corrected chi connectivity index (χ2v) is 3.53. The number of esters is 1. The number of aliphatic imine (C=N–C) groups is 1. The third kappa shape index (κ3) is 1.53. The average molecular weight is 183 g/mol. The maximum absolute atomic E-state index is 11.2. The van der Waals surface area contributed by atoms with E-state index in [-0.39, 0.29) is 12.1 Å². The van der Waals surface area contributed by atoms with Gasteiger partial charge in [0.25, 0.3) is 0 Å². The summed E-state index contributed by atoms with van der Waals surface area (Å²) in [6.45, 7) is 1.85. The van der Waals surface area contributed by atoms with Crippen LogP contribution in [0.1, 0.15) is 19.8 Å². The Kier molecular flexibility index (Phi) is 1.98. The van der Waals surface area contributed by atoms with Crippen LogP contribution in [0.5, 0.6) is 0 Å². The molecular weight excluding hydrogens is 170 g/mol. The fourth-order valence-electron chi connectivity index (χ4n) is 1.42. The minimum absolute atomic E-state index is 0.164. The van der Waals surface area contributed by atoms with Crippen molar-refractivity contribution in [3.05, 3.63) is 0 Å². The lowest BCUT2D eigenvalue weighted by Gasteiger charge is -2.09. The number of hydrogen-bond donors (Lipinski definition) is 0. The minimum Gasteiger partial charge on any atom is -0.475 e. The van der Waals surface area contributed by atoms with E-state index in [0.29, 0.717) is 5.92 Å².